The molecular formula is C16H22OS2. The first-order valence-electron chi connectivity index (χ1n) is 6.76. The maximum atomic E-state index is 10.4. The fourth-order valence-corrected chi connectivity index (χ4v) is 3.99. The lowest BCUT2D eigenvalue weighted by molar-refractivity contribution is 0.183. The monoisotopic (exact) mass is 294 g/mol. The Morgan fingerprint density at radius 1 is 1.05 bits per heavy atom. The SMILES string of the molecule is CCc1ccc(CC(O)c2ccc(C(C)(C)C)s2)s1. The molecule has 0 saturated carbocycles. The molecule has 1 nitrogen and oxygen atoms in total. The number of thiophene rings is 2. The van der Waals surface area contributed by atoms with Gasteiger partial charge in [0.1, 0.15) is 0 Å². The van der Waals surface area contributed by atoms with Gasteiger partial charge in [0.15, 0.2) is 0 Å². The van der Waals surface area contributed by atoms with Gasteiger partial charge in [-0.2, -0.15) is 0 Å². The van der Waals surface area contributed by atoms with Crippen molar-refractivity contribution in [3.05, 3.63) is 43.8 Å². The van der Waals surface area contributed by atoms with Crippen LogP contribution in [0.4, 0.5) is 0 Å². The molecule has 0 amide bonds. The Hall–Kier alpha value is -0.640. The van der Waals surface area contributed by atoms with Crippen molar-refractivity contribution < 1.29 is 5.11 Å². The van der Waals surface area contributed by atoms with E-state index in [4.69, 9.17) is 0 Å². The van der Waals surface area contributed by atoms with Gasteiger partial charge in [0.05, 0.1) is 6.10 Å². The summed E-state index contributed by atoms with van der Waals surface area (Å²) in [5.74, 6) is 0. The fraction of sp³-hybridized carbons (Fsp3) is 0.500. The molecular weight excluding hydrogens is 272 g/mol. The van der Waals surface area contributed by atoms with Gasteiger partial charge < -0.3 is 5.11 Å². The first-order chi connectivity index (χ1) is 8.90. The smallest absolute Gasteiger partial charge is 0.0930 e. The average Bonchev–Trinajstić information content (AvgIpc) is 2.96. The van der Waals surface area contributed by atoms with Crippen molar-refractivity contribution in [2.24, 2.45) is 0 Å². The lowest BCUT2D eigenvalue weighted by Crippen LogP contribution is -2.07. The predicted octanol–water partition coefficient (Wildman–Crippen LogP) is 4.95. The highest BCUT2D eigenvalue weighted by Crippen LogP contribution is 2.34. The van der Waals surface area contributed by atoms with Crippen LogP contribution in [-0.4, -0.2) is 5.11 Å². The summed E-state index contributed by atoms with van der Waals surface area (Å²) in [7, 11) is 0. The van der Waals surface area contributed by atoms with Crippen molar-refractivity contribution in [1.29, 1.82) is 0 Å². The van der Waals surface area contributed by atoms with Crippen LogP contribution in [0.3, 0.4) is 0 Å². The van der Waals surface area contributed by atoms with Crippen molar-refractivity contribution in [3.63, 3.8) is 0 Å². The Labute approximate surface area is 123 Å². The second-order valence-corrected chi connectivity index (χ2v) is 8.26. The van der Waals surface area contributed by atoms with E-state index in [1.54, 1.807) is 11.3 Å². The number of rotatable bonds is 4. The number of hydrogen-bond donors (Lipinski definition) is 1. The van der Waals surface area contributed by atoms with Gasteiger partial charge in [-0.15, -0.1) is 22.7 Å². The minimum absolute atomic E-state index is 0.168. The maximum Gasteiger partial charge on any atom is 0.0930 e. The summed E-state index contributed by atoms with van der Waals surface area (Å²) in [5, 5.41) is 10.4. The molecule has 0 fully saturated rings. The van der Waals surface area contributed by atoms with E-state index < -0.39 is 0 Å². The normalized spacial score (nSPS) is 13.7. The fourth-order valence-electron chi connectivity index (χ4n) is 1.95. The summed E-state index contributed by atoms with van der Waals surface area (Å²) >= 11 is 3.55. The summed E-state index contributed by atoms with van der Waals surface area (Å²) < 4.78 is 0. The van der Waals surface area contributed by atoms with Crippen molar-refractivity contribution >= 4 is 22.7 Å². The highest BCUT2D eigenvalue weighted by atomic mass is 32.1. The molecule has 1 unspecified atom stereocenters. The van der Waals surface area contributed by atoms with Crippen LogP contribution >= 0.6 is 22.7 Å². The molecule has 3 heteroatoms. The molecule has 1 N–H and O–H groups in total. The van der Waals surface area contributed by atoms with E-state index >= 15 is 0 Å². The quantitative estimate of drug-likeness (QED) is 0.846. The van der Waals surface area contributed by atoms with Gasteiger partial charge in [-0.3, -0.25) is 0 Å². The summed E-state index contributed by atoms with van der Waals surface area (Å²) in [4.78, 5) is 5.08. The van der Waals surface area contributed by atoms with E-state index in [9.17, 15) is 5.11 Å². The average molecular weight is 294 g/mol. The van der Waals surface area contributed by atoms with Crippen LogP contribution in [0.25, 0.3) is 0 Å². The first kappa shape index (κ1) is 14.8. The Bertz CT molecular complexity index is 531. The molecule has 0 aliphatic rings. The van der Waals surface area contributed by atoms with Crippen LogP contribution in [0.2, 0.25) is 0 Å². The summed E-state index contributed by atoms with van der Waals surface area (Å²) in [5.41, 5.74) is 0.168. The van der Waals surface area contributed by atoms with Crippen molar-refractivity contribution in [2.75, 3.05) is 0 Å². The molecule has 0 aliphatic heterocycles. The zero-order chi connectivity index (χ0) is 14.0. The second kappa shape index (κ2) is 5.78. The third-order valence-corrected chi connectivity index (χ3v) is 6.02. The van der Waals surface area contributed by atoms with Gasteiger partial charge in [-0.25, -0.2) is 0 Å². The van der Waals surface area contributed by atoms with Crippen LogP contribution in [0.1, 0.15) is 53.3 Å². The van der Waals surface area contributed by atoms with Gasteiger partial charge in [-0.1, -0.05) is 27.7 Å². The Kier molecular flexibility index (Phi) is 4.49. The molecule has 0 spiro atoms. The Morgan fingerprint density at radius 3 is 2.26 bits per heavy atom. The molecule has 2 rings (SSSR count). The molecule has 2 aromatic heterocycles. The van der Waals surface area contributed by atoms with Gasteiger partial charge in [-0.05, 0) is 36.1 Å². The summed E-state index contributed by atoms with van der Waals surface area (Å²) in [6.07, 6.45) is 1.44. The Balaban J connectivity index is 2.07. The lowest BCUT2D eigenvalue weighted by atomic mass is 9.95. The van der Waals surface area contributed by atoms with Crippen molar-refractivity contribution in [3.8, 4) is 0 Å². The molecule has 0 aliphatic carbocycles. The number of aliphatic hydroxyl groups is 1. The molecule has 1 atom stereocenters. The number of aliphatic hydroxyl groups excluding tert-OH is 1. The summed E-state index contributed by atoms with van der Waals surface area (Å²) in [6, 6.07) is 8.53. The third-order valence-electron chi connectivity index (χ3n) is 3.15. The third kappa shape index (κ3) is 3.68. The molecule has 2 heterocycles. The standard InChI is InChI=1S/C16H22OS2/c1-5-11-6-7-12(18-11)10-13(17)14-8-9-15(19-14)16(2,3)4/h6-9,13,17H,5,10H2,1-4H3. The molecule has 104 valence electrons. The second-order valence-electron chi connectivity index (χ2n) is 5.89. The minimum Gasteiger partial charge on any atom is -0.387 e. The first-order valence-corrected chi connectivity index (χ1v) is 8.39. The van der Waals surface area contributed by atoms with Gasteiger partial charge >= 0.3 is 0 Å². The molecule has 0 bridgehead atoms. The molecule has 19 heavy (non-hydrogen) atoms. The van der Waals surface area contributed by atoms with E-state index in [1.807, 2.05) is 11.3 Å². The molecule has 0 aromatic carbocycles. The maximum absolute atomic E-state index is 10.4. The molecule has 2 aromatic rings. The van der Waals surface area contributed by atoms with Crippen LogP contribution in [0.5, 0.6) is 0 Å². The zero-order valence-electron chi connectivity index (χ0n) is 12.1. The van der Waals surface area contributed by atoms with Crippen LogP contribution in [0.15, 0.2) is 24.3 Å². The largest absolute Gasteiger partial charge is 0.387 e. The van der Waals surface area contributed by atoms with E-state index in [2.05, 4.69) is 52.0 Å². The Morgan fingerprint density at radius 2 is 1.74 bits per heavy atom. The van der Waals surface area contributed by atoms with E-state index in [-0.39, 0.29) is 11.5 Å². The van der Waals surface area contributed by atoms with E-state index in [0.29, 0.717) is 0 Å². The number of hydrogen-bond acceptors (Lipinski definition) is 3. The topological polar surface area (TPSA) is 20.2 Å². The van der Waals surface area contributed by atoms with Gasteiger partial charge in [0.2, 0.25) is 0 Å². The zero-order valence-corrected chi connectivity index (χ0v) is 13.7. The molecule has 0 saturated heterocycles. The summed E-state index contributed by atoms with van der Waals surface area (Å²) in [6.45, 7) is 8.80. The minimum atomic E-state index is -0.371. The van der Waals surface area contributed by atoms with E-state index in [1.165, 1.54) is 14.6 Å². The highest BCUT2D eigenvalue weighted by molar-refractivity contribution is 7.12. The molecule has 0 radical (unpaired) electrons. The van der Waals surface area contributed by atoms with Crippen LogP contribution < -0.4 is 0 Å². The lowest BCUT2D eigenvalue weighted by Gasteiger charge is -2.15. The van der Waals surface area contributed by atoms with Crippen LogP contribution in [-0.2, 0) is 18.3 Å². The van der Waals surface area contributed by atoms with Gasteiger partial charge in [0.25, 0.3) is 0 Å². The predicted molar refractivity (Wildman–Crippen MR) is 85.4 cm³/mol. The van der Waals surface area contributed by atoms with Crippen LogP contribution in [0, 0.1) is 0 Å². The highest BCUT2D eigenvalue weighted by Gasteiger charge is 2.19. The number of aryl methyl sites for hydroxylation is 1. The van der Waals surface area contributed by atoms with Crippen molar-refractivity contribution in [2.45, 2.75) is 52.1 Å². The van der Waals surface area contributed by atoms with Gasteiger partial charge in [0, 0.05) is 25.9 Å². The van der Waals surface area contributed by atoms with E-state index in [0.717, 1.165) is 17.7 Å². The van der Waals surface area contributed by atoms with Crippen molar-refractivity contribution in [1.82, 2.24) is 0 Å².